The van der Waals surface area contributed by atoms with E-state index in [2.05, 4.69) is 37.9 Å². The fourth-order valence-electron chi connectivity index (χ4n) is 1.84. The van der Waals surface area contributed by atoms with E-state index in [0.717, 1.165) is 18.5 Å². The number of hydrogen-bond acceptors (Lipinski definition) is 2. The van der Waals surface area contributed by atoms with Crippen molar-refractivity contribution < 1.29 is 0 Å². The molecular formula is C13H28N2. The van der Waals surface area contributed by atoms with Gasteiger partial charge in [-0.25, -0.2) is 0 Å². The van der Waals surface area contributed by atoms with Gasteiger partial charge in [0.25, 0.3) is 0 Å². The number of hydrogen-bond donors (Lipinski definition) is 1. The molecule has 1 N–H and O–H groups in total. The summed E-state index contributed by atoms with van der Waals surface area (Å²) in [6, 6.07) is 1.54. The highest BCUT2D eigenvalue weighted by Crippen LogP contribution is 2.26. The van der Waals surface area contributed by atoms with Gasteiger partial charge in [-0.3, -0.25) is 4.90 Å². The predicted molar refractivity (Wildman–Crippen MR) is 67.2 cm³/mol. The molecule has 0 saturated heterocycles. The van der Waals surface area contributed by atoms with Crippen LogP contribution >= 0.6 is 0 Å². The van der Waals surface area contributed by atoms with Crippen molar-refractivity contribution in [3.63, 3.8) is 0 Å². The van der Waals surface area contributed by atoms with Gasteiger partial charge in [-0.15, -0.1) is 0 Å². The molecular weight excluding hydrogens is 184 g/mol. The van der Waals surface area contributed by atoms with E-state index in [1.807, 2.05) is 0 Å². The Kier molecular flexibility index (Phi) is 5.62. The molecule has 0 atom stereocenters. The average Bonchev–Trinajstić information content (AvgIpc) is 2.93. The molecule has 0 aromatic rings. The molecule has 90 valence electrons. The van der Waals surface area contributed by atoms with Crippen molar-refractivity contribution in [1.29, 1.82) is 0 Å². The van der Waals surface area contributed by atoms with Crippen LogP contribution < -0.4 is 5.32 Å². The lowest BCUT2D eigenvalue weighted by Crippen LogP contribution is -2.37. The largest absolute Gasteiger partial charge is 0.313 e. The Hall–Kier alpha value is -0.0800. The van der Waals surface area contributed by atoms with E-state index >= 15 is 0 Å². The smallest absolute Gasteiger partial charge is 0.0110 e. The molecule has 0 aromatic heterocycles. The maximum absolute atomic E-state index is 3.50. The van der Waals surface area contributed by atoms with Crippen LogP contribution in [0.25, 0.3) is 0 Å². The molecule has 0 heterocycles. The Labute approximate surface area is 95.4 Å². The summed E-state index contributed by atoms with van der Waals surface area (Å²) in [5.74, 6) is 0.837. The normalized spacial score (nSPS) is 17.0. The molecule has 1 saturated carbocycles. The quantitative estimate of drug-likeness (QED) is 0.665. The minimum atomic E-state index is 0.621. The van der Waals surface area contributed by atoms with Crippen LogP contribution in [0.5, 0.6) is 0 Å². The summed E-state index contributed by atoms with van der Waals surface area (Å²) in [6.45, 7) is 12.7. The van der Waals surface area contributed by atoms with Gasteiger partial charge in [0.2, 0.25) is 0 Å². The van der Waals surface area contributed by atoms with Crippen LogP contribution in [-0.4, -0.2) is 36.6 Å². The van der Waals surface area contributed by atoms with Crippen molar-refractivity contribution in [2.45, 2.75) is 59.0 Å². The number of nitrogens with zero attached hydrogens (tertiary/aromatic N) is 1. The molecule has 1 aliphatic carbocycles. The third-order valence-corrected chi connectivity index (χ3v) is 3.01. The summed E-state index contributed by atoms with van der Waals surface area (Å²) in [7, 11) is 0. The van der Waals surface area contributed by atoms with Gasteiger partial charge in [-0.2, -0.15) is 0 Å². The fraction of sp³-hybridized carbons (Fsp3) is 1.00. The first-order chi connectivity index (χ1) is 7.09. The minimum absolute atomic E-state index is 0.621. The van der Waals surface area contributed by atoms with Crippen molar-refractivity contribution in [1.82, 2.24) is 10.2 Å². The first-order valence-electron chi connectivity index (χ1n) is 6.57. The molecule has 1 fully saturated rings. The lowest BCUT2D eigenvalue weighted by atomic mass is 10.1. The van der Waals surface area contributed by atoms with Gasteiger partial charge in [-0.05, 0) is 31.7 Å². The molecule has 15 heavy (non-hydrogen) atoms. The van der Waals surface area contributed by atoms with Crippen LogP contribution in [0.3, 0.4) is 0 Å². The highest BCUT2D eigenvalue weighted by Gasteiger charge is 2.28. The summed E-state index contributed by atoms with van der Waals surface area (Å²) in [6.07, 6.45) is 4.21. The van der Waals surface area contributed by atoms with E-state index in [9.17, 15) is 0 Å². The monoisotopic (exact) mass is 212 g/mol. The first-order valence-corrected chi connectivity index (χ1v) is 6.57. The second-order valence-electron chi connectivity index (χ2n) is 5.56. The van der Waals surface area contributed by atoms with E-state index in [-0.39, 0.29) is 0 Å². The topological polar surface area (TPSA) is 15.3 Å². The van der Waals surface area contributed by atoms with Crippen molar-refractivity contribution in [3.8, 4) is 0 Å². The third kappa shape index (κ3) is 6.16. The van der Waals surface area contributed by atoms with Gasteiger partial charge in [0.05, 0.1) is 0 Å². The van der Waals surface area contributed by atoms with Crippen molar-refractivity contribution in [2.24, 2.45) is 5.92 Å². The van der Waals surface area contributed by atoms with E-state index < -0.39 is 0 Å². The summed E-state index contributed by atoms with van der Waals surface area (Å²) < 4.78 is 0. The van der Waals surface area contributed by atoms with Gasteiger partial charge in [-0.1, -0.05) is 27.7 Å². The molecule has 0 amide bonds. The highest BCUT2D eigenvalue weighted by atomic mass is 15.2. The molecule has 0 unspecified atom stereocenters. The SMILES string of the molecule is CC(C)CCN(CCNC(C)C)C1CC1. The lowest BCUT2D eigenvalue weighted by molar-refractivity contribution is 0.245. The van der Waals surface area contributed by atoms with Crippen molar-refractivity contribution in [3.05, 3.63) is 0 Å². The summed E-state index contributed by atoms with van der Waals surface area (Å²) >= 11 is 0. The maximum atomic E-state index is 3.50. The zero-order chi connectivity index (χ0) is 11.3. The summed E-state index contributed by atoms with van der Waals surface area (Å²) in [4.78, 5) is 2.68. The number of rotatable bonds is 8. The van der Waals surface area contributed by atoms with E-state index in [4.69, 9.17) is 0 Å². The zero-order valence-corrected chi connectivity index (χ0v) is 10.9. The molecule has 0 aliphatic heterocycles. The Balaban J connectivity index is 2.13. The van der Waals surface area contributed by atoms with Crippen LogP contribution in [0, 0.1) is 5.92 Å². The Morgan fingerprint density at radius 1 is 1.13 bits per heavy atom. The average molecular weight is 212 g/mol. The Bertz CT molecular complexity index is 162. The molecule has 0 aromatic carbocycles. The Morgan fingerprint density at radius 3 is 2.27 bits per heavy atom. The van der Waals surface area contributed by atoms with Crippen molar-refractivity contribution in [2.75, 3.05) is 19.6 Å². The van der Waals surface area contributed by atoms with E-state index in [0.29, 0.717) is 6.04 Å². The van der Waals surface area contributed by atoms with Crippen molar-refractivity contribution >= 4 is 0 Å². The van der Waals surface area contributed by atoms with Crippen LogP contribution in [0.2, 0.25) is 0 Å². The van der Waals surface area contributed by atoms with Gasteiger partial charge in [0.15, 0.2) is 0 Å². The van der Waals surface area contributed by atoms with Gasteiger partial charge in [0.1, 0.15) is 0 Å². The van der Waals surface area contributed by atoms with E-state index in [1.165, 1.54) is 32.4 Å². The lowest BCUT2D eigenvalue weighted by Gasteiger charge is -2.23. The van der Waals surface area contributed by atoms with Crippen LogP contribution in [-0.2, 0) is 0 Å². The minimum Gasteiger partial charge on any atom is -0.313 e. The molecule has 1 aliphatic rings. The second kappa shape index (κ2) is 6.49. The first kappa shape index (κ1) is 13.0. The van der Waals surface area contributed by atoms with Gasteiger partial charge < -0.3 is 5.32 Å². The summed E-state index contributed by atoms with van der Waals surface area (Å²) in [5.41, 5.74) is 0. The molecule has 0 bridgehead atoms. The zero-order valence-electron chi connectivity index (χ0n) is 10.9. The Morgan fingerprint density at radius 2 is 1.80 bits per heavy atom. The van der Waals surface area contributed by atoms with E-state index in [1.54, 1.807) is 0 Å². The highest BCUT2D eigenvalue weighted by molar-refractivity contribution is 4.84. The van der Waals surface area contributed by atoms with Gasteiger partial charge >= 0.3 is 0 Å². The molecule has 0 spiro atoms. The third-order valence-electron chi connectivity index (χ3n) is 3.01. The standard InChI is InChI=1S/C13H28N2/c1-11(2)7-9-15(13-5-6-13)10-8-14-12(3)4/h11-14H,5-10H2,1-4H3. The van der Waals surface area contributed by atoms with Gasteiger partial charge in [0, 0.05) is 25.2 Å². The van der Waals surface area contributed by atoms with Crippen LogP contribution in [0.15, 0.2) is 0 Å². The molecule has 1 rings (SSSR count). The fourth-order valence-corrected chi connectivity index (χ4v) is 1.84. The van der Waals surface area contributed by atoms with Crippen LogP contribution in [0.1, 0.15) is 47.0 Å². The second-order valence-corrected chi connectivity index (χ2v) is 5.56. The molecule has 2 nitrogen and oxygen atoms in total. The summed E-state index contributed by atoms with van der Waals surface area (Å²) in [5, 5.41) is 3.50. The van der Waals surface area contributed by atoms with Crippen LogP contribution in [0.4, 0.5) is 0 Å². The molecule has 0 radical (unpaired) electrons. The predicted octanol–water partition coefficient (Wildman–Crippen LogP) is 2.49. The number of nitrogens with one attached hydrogen (secondary N) is 1. The maximum Gasteiger partial charge on any atom is 0.0110 e. The molecule has 2 heteroatoms.